The first-order valence-electron chi connectivity index (χ1n) is 7.18. The van der Waals surface area contributed by atoms with Crippen LogP contribution in [0.5, 0.6) is 0 Å². The van der Waals surface area contributed by atoms with E-state index >= 15 is 0 Å². The third kappa shape index (κ3) is 3.80. The largest absolute Gasteiger partial charge is 0.361 e. The van der Waals surface area contributed by atoms with Gasteiger partial charge in [-0.15, -0.1) is 11.3 Å². The lowest BCUT2D eigenvalue weighted by Gasteiger charge is -2.21. The van der Waals surface area contributed by atoms with Crippen LogP contribution in [-0.2, 0) is 9.84 Å². The molecular formula is C15H17ClN2O2S2. The third-order valence-corrected chi connectivity index (χ3v) is 6.72. The zero-order valence-electron chi connectivity index (χ0n) is 12.0. The predicted octanol–water partition coefficient (Wildman–Crippen LogP) is 3.70. The number of sulfone groups is 1. The number of hydrogen-bond donors (Lipinski definition) is 1. The van der Waals surface area contributed by atoms with Crippen molar-refractivity contribution in [3.63, 3.8) is 0 Å². The number of nitrogens with one attached hydrogen (secondary N) is 1. The number of hydrogen-bond acceptors (Lipinski definition) is 5. The minimum absolute atomic E-state index is 0.308. The Hall–Kier alpha value is -1.11. The summed E-state index contributed by atoms with van der Waals surface area (Å²) >= 11 is 7.72. The highest BCUT2D eigenvalue weighted by Gasteiger charge is 2.23. The molecule has 1 N–H and O–H groups in total. The fourth-order valence-electron chi connectivity index (χ4n) is 2.52. The van der Waals surface area contributed by atoms with Gasteiger partial charge in [-0.1, -0.05) is 29.8 Å². The number of aromatic nitrogens is 1. The first-order chi connectivity index (χ1) is 10.5. The van der Waals surface area contributed by atoms with Crippen LogP contribution in [0.4, 0.5) is 5.13 Å². The van der Waals surface area contributed by atoms with Crippen LogP contribution in [0, 0.1) is 5.92 Å². The second-order valence-electron chi connectivity index (χ2n) is 5.49. The van der Waals surface area contributed by atoms with Crippen molar-refractivity contribution in [2.75, 3.05) is 23.4 Å². The molecule has 0 bridgehead atoms. The van der Waals surface area contributed by atoms with Gasteiger partial charge in [0.1, 0.15) is 9.84 Å². The van der Waals surface area contributed by atoms with Gasteiger partial charge < -0.3 is 5.32 Å². The van der Waals surface area contributed by atoms with Gasteiger partial charge in [0, 0.05) is 22.5 Å². The van der Waals surface area contributed by atoms with Crippen molar-refractivity contribution >= 4 is 37.9 Å². The Morgan fingerprint density at radius 1 is 1.27 bits per heavy atom. The van der Waals surface area contributed by atoms with E-state index in [-0.39, 0.29) is 0 Å². The molecule has 1 aliphatic rings. The van der Waals surface area contributed by atoms with Crippen molar-refractivity contribution in [3.05, 3.63) is 34.7 Å². The van der Waals surface area contributed by atoms with Crippen molar-refractivity contribution in [2.24, 2.45) is 5.92 Å². The maximum Gasteiger partial charge on any atom is 0.183 e. The number of halogens is 1. The van der Waals surface area contributed by atoms with Crippen LogP contribution in [0.15, 0.2) is 29.6 Å². The number of anilines is 1. The molecule has 0 saturated carbocycles. The van der Waals surface area contributed by atoms with E-state index in [4.69, 9.17) is 11.6 Å². The zero-order chi connectivity index (χ0) is 15.6. The average molecular weight is 357 g/mol. The molecule has 0 amide bonds. The monoisotopic (exact) mass is 356 g/mol. The quantitative estimate of drug-likeness (QED) is 0.907. The molecule has 22 heavy (non-hydrogen) atoms. The minimum atomic E-state index is -2.79. The predicted molar refractivity (Wildman–Crippen MR) is 92.4 cm³/mol. The van der Waals surface area contributed by atoms with E-state index in [2.05, 4.69) is 10.3 Å². The molecule has 3 rings (SSSR count). The summed E-state index contributed by atoms with van der Waals surface area (Å²) in [6.45, 7) is 0.769. The van der Waals surface area contributed by atoms with Crippen LogP contribution < -0.4 is 5.32 Å². The first kappa shape index (κ1) is 15.8. The number of benzene rings is 1. The summed E-state index contributed by atoms with van der Waals surface area (Å²) < 4.78 is 22.8. The molecule has 1 saturated heterocycles. The molecule has 118 valence electrons. The second-order valence-corrected chi connectivity index (χ2v) is 9.06. The van der Waals surface area contributed by atoms with Gasteiger partial charge in [-0.3, -0.25) is 0 Å². The summed E-state index contributed by atoms with van der Waals surface area (Å²) in [5, 5.41) is 6.84. The minimum Gasteiger partial charge on any atom is -0.361 e. The Kier molecular flexibility index (Phi) is 4.70. The van der Waals surface area contributed by atoms with Gasteiger partial charge in [-0.2, -0.15) is 0 Å². The lowest BCUT2D eigenvalue weighted by molar-refractivity contribution is 0.484. The first-order valence-corrected chi connectivity index (χ1v) is 10.3. The van der Waals surface area contributed by atoms with Gasteiger partial charge in [0.15, 0.2) is 5.13 Å². The van der Waals surface area contributed by atoms with Gasteiger partial charge in [-0.25, -0.2) is 13.4 Å². The van der Waals surface area contributed by atoms with Crippen molar-refractivity contribution in [1.82, 2.24) is 4.98 Å². The van der Waals surface area contributed by atoms with Crippen molar-refractivity contribution in [2.45, 2.75) is 12.8 Å². The van der Waals surface area contributed by atoms with Crippen LogP contribution in [0.2, 0.25) is 5.02 Å². The highest BCUT2D eigenvalue weighted by molar-refractivity contribution is 7.91. The van der Waals surface area contributed by atoms with E-state index in [9.17, 15) is 8.42 Å². The van der Waals surface area contributed by atoms with Crippen LogP contribution in [0.1, 0.15) is 12.8 Å². The lowest BCUT2D eigenvalue weighted by Crippen LogP contribution is -2.27. The molecule has 1 aliphatic heterocycles. The van der Waals surface area contributed by atoms with Crippen molar-refractivity contribution < 1.29 is 8.42 Å². The Bertz CT molecular complexity index is 744. The maximum absolute atomic E-state index is 11.4. The van der Waals surface area contributed by atoms with E-state index in [1.165, 1.54) is 0 Å². The van der Waals surface area contributed by atoms with Crippen LogP contribution in [0.3, 0.4) is 0 Å². The molecule has 7 heteroatoms. The number of thiazole rings is 1. The zero-order valence-corrected chi connectivity index (χ0v) is 14.3. The van der Waals surface area contributed by atoms with Gasteiger partial charge in [0.25, 0.3) is 0 Å². The molecule has 0 unspecified atom stereocenters. The molecular weight excluding hydrogens is 340 g/mol. The van der Waals surface area contributed by atoms with E-state index in [0.29, 0.717) is 22.4 Å². The Balaban J connectivity index is 1.60. The molecule has 1 aromatic heterocycles. The molecule has 0 aliphatic carbocycles. The molecule has 4 nitrogen and oxygen atoms in total. The van der Waals surface area contributed by atoms with Gasteiger partial charge in [0.05, 0.1) is 17.2 Å². The Morgan fingerprint density at radius 3 is 2.73 bits per heavy atom. The standard InChI is InChI=1S/C15H17ClN2O2S2/c16-13-4-2-1-3-12(13)14-10-21-15(18-14)17-9-11-5-7-22(19,20)8-6-11/h1-4,10-11H,5-9H2,(H,17,18). The average Bonchev–Trinajstić information content (AvgIpc) is 2.95. The van der Waals surface area contributed by atoms with Crippen molar-refractivity contribution in [3.8, 4) is 11.3 Å². The van der Waals surface area contributed by atoms with Crippen molar-refractivity contribution in [1.29, 1.82) is 0 Å². The van der Waals surface area contributed by atoms with Crippen LogP contribution in [0.25, 0.3) is 11.3 Å². The summed E-state index contributed by atoms with van der Waals surface area (Å²) in [5.74, 6) is 1.01. The number of rotatable bonds is 4. The van der Waals surface area contributed by atoms with E-state index in [1.807, 2.05) is 29.6 Å². The van der Waals surface area contributed by atoms with Gasteiger partial charge in [-0.05, 0) is 24.8 Å². The summed E-state index contributed by atoms with van der Waals surface area (Å²) in [5.41, 5.74) is 1.79. The Labute approximate surface area is 139 Å². The van der Waals surface area contributed by atoms with Crippen LogP contribution in [-0.4, -0.2) is 31.5 Å². The second kappa shape index (κ2) is 6.56. The normalized spacial score (nSPS) is 18.2. The highest BCUT2D eigenvalue weighted by atomic mass is 35.5. The molecule has 2 aromatic rings. The highest BCUT2D eigenvalue weighted by Crippen LogP contribution is 2.30. The summed E-state index contributed by atoms with van der Waals surface area (Å²) in [6, 6.07) is 7.64. The molecule has 1 aromatic carbocycles. The lowest BCUT2D eigenvalue weighted by atomic mass is 10.0. The Morgan fingerprint density at radius 2 is 2.00 bits per heavy atom. The van der Waals surface area contributed by atoms with Gasteiger partial charge >= 0.3 is 0 Å². The molecule has 1 fully saturated rings. The SMILES string of the molecule is O=S1(=O)CCC(CNc2nc(-c3ccccc3Cl)cs2)CC1. The summed E-state index contributed by atoms with van der Waals surface area (Å²) in [6.07, 6.45) is 1.47. The van der Waals surface area contributed by atoms with E-state index < -0.39 is 9.84 Å². The summed E-state index contributed by atoms with van der Waals surface area (Å²) in [7, 11) is -2.79. The number of nitrogens with zero attached hydrogens (tertiary/aromatic N) is 1. The smallest absolute Gasteiger partial charge is 0.183 e. The van der Waals surface area contributed by atoms with E-state index in [1.54, 1.807) is 11.3 Å². The third-order valence-electron chi connectivity index (χ3n) is 3.87. The topological polar surface area (TPSA) is 59.1 Å². The fourth-order valence-corrected chi connectivity index (χ4v) is 5.06. The molecule has 2 heterocycles. The van der Waals surface area contributed by atoms with E-state index in [0.717, 1.165) is 35.8 Å². The maximum atomic E-state index is 11.4. The van der Waals surface area contributed by atoms with Gasteiger partial charge in [0.2, 0.25) is 0 Å². The van der Waals surface area contributed by atoms with Crippen LogP contribution >= 0.6 is 22.9 Å². The fraction of sp³-hybridized carbons (Fsp3) is 0.400. The summed E-state index contributed by atoms with van der Waals surface area (Å²) in [4.78, 5) is 4.56. The molecule has 0 spiro atoms. The molecule has 0 atom stereocenters. The molecule has 0 radical (unpaired) electrons.